The Bertz CT molecular complexity index is 755. The summed E-state index contributed by atoms with van der Waals surface area (Å²) in [4.78, 5) is 19.3. The van der Waals surface area contributed by atoms with Gasteiger partial charge in [-0.1, -0.05) is 36.3 Å². The molecular weight excluding hydrogens is 314 g/mol. The first-order chi connectivity index (χ1) is 12.2. The van der Waals surface area contributed by atoms with Gasteiger partial charge in [0.2, 0.25) is 11.8 Å². The van der Waals surface area contributed by atoms with Gasteiger partial charge in [0.05, 0.1) is 0 Å². The fourth-order valence-electron chi connectivity index (χ4n) is 4.19. The van der Waals surface area contributed by atoms with Gasteiger partial charge in [-0.25, -0.2) is 0 Å². The standard InChI is InChI=1S/C20H25N3O2/c1-2-18-21-20(22-25-18)16-7-5-11-23(13-16)19(24)12-15-10-9-14-6-3-4-8-17(14)15/h3-4,6,8,15-16H,2,5,7,9-13H2,1H3. The Balaban J connectivity index is 1.40. The zero-order valence-electron chi connectivity index (χ0n) is 14.8. The number of benzene rings is 1. The molecule has 0 spiro atoms. The topological polar surface area (TPSA) is 59.2 Å². The second-order valence-corrected chi connectivity index (χ2v) is 7.22. The number of likely N-dealkylation sites (tertiary alicyclic amines) is 1. The highest BCUT2D eigenvalue weighted by atomic mass is 16.5. The molecule has 1 aliphatic carbocycles. The van der Waals surface area contributed by atoms with Gasteiger partial charge in [0.1, 0.15) is 0 Å². The number of aromatic nitrogens is 2. The van der Waals surface area contributed by atoms with E-state index in [0.717, 1.165) is 51.0 Å². The fourth-order valence-corrected chi connectivity index (χ4v) is 4.19. The zero-order chi connectivity index (χ0) is 17.2. The van der Waals surface area contributed by atoms with E-state index in [1.165, 1.54) is 11.1 Å². The second-order valence-electron chi connectivity index (χ2n) is 7.22. The third-order valence-corrected chi connectivity index (χ3v) is 5.60. The Morgan fingerprint density at radius 1 is 1.32 bits per heavy atom. The monoisotopic (exact) mass is 339 g/mol. The van der Waals surface area contributed by atoms with Crippen LogP contribution in [0.3, 0.4) is 0 Å². The van der Waals surface area contributed by atoms with Crippen molar-refractivity contribution >= 4 is 5.91 Å². The second kappa shape index (κ2) is 6.98. The number of hydrogen-bond acceptors (Lipinski definition) is 4. The van der Waals surface area contributed by atoms with Crippen molar-refractivity contribution in [1.82, 2.24) is 15.0 Å². The van der Waals surface area contributed by atoms with E-state index in [1.54, 1.807) is 0 Å². The quantitative estimate of drug-likeness (QED) is 0.856. The van der Waals surface area contributed by atoms with Crippen molar-refractivity contribution in [3.05, 3.63) is 47.1 Å². The van der Waals surface area contributed by atoms with E-state index >= 15 is 0 Å². The number of carbonyl (C=O) groups is 1. The van der Waals surface area contributed by atoms with Crippen molar-refractivity contribution in [1.29, 1.82) is 0 Å². The maximum Gasteiger partial charge on any atom is 0.226 e. The molecule has 1 aromatic carbocycles. The normalized spacial score (nSPS) is 22.8. The predicted octanol–water partition coefficient (Wildman–Crippen LogP) is 3.46. The van der Waals surface area contributed by atoms with Gasteiger partial charge in [-0.15, -0.1) is 0 Å². The van der Waals surface area contributed by atoms with Crippen LogP contribution in [0.1, 0.15) is 67.3 Å². The number of aryl methyl sites for hydroxylation is 2. The summed E-state index contributed by atoms with van der Waals surface area (Å²) in [5, 5.41) is 4.11. The molecule has 132 valence electrons. The van der Waals surface area contributed by atoms with Gasteiger partial charge in [-0.05, 0) is 42.7 Å². The average Bonchev–Trinajstić information content (AvgIpc) is 3.29. The van der Waals surface area contributed by atoms with Gasteiger partial charge < -0.3 is 9.42 Å². The molecule has 0 radical (unpaired) electrons. The van der Waals surface area contributed by atoms with Gasteiger partial charge in [-0.2, -0.15) is 4.98 Å². The summed E-state index contributed by atoms with van der Waals surface area (Å²) in [7, 11) is 0. The summed E-state index contributed by atoms with van der Waals surface area (Å²) < 4.78 is 5.24. The lowest BCUT2D eigenvalue weighted by Gasteiger charge is -2.32. The van der Waals surface area contributed by atoms with Crippen LogP contribution >= 0.6 is 0 Å². The summed E-state index contributed by atoms with van der Waals surface area (Å²) in [5.74, 6) is 2.30. The molecule has 0 saturated carbocycles. The smallest absolute Gasteiger partial charge is 0.226 e. The number of amides is 1. The summed E-state index contributed by atoms with van der Waals surface area (Å²) in [6, 6.07) is 8.55. The van der Waals surface area contributed by atoms with Crippen LogP contribution in [0, 0.1) is 0 Å². The molecule has 2 aliphatic rings. The van der Waals surface area contributed by atoms with E-state index in [2.05, 4.69) is 34.4 Å². The van der Waals surface area contributed by atoms with Crippen LogP contribution in [0.25, 0.3) is 0 Å². The van der Waals surface area contributed by atoms with Crippen molar-refractivity contribution in [2.45, 2.75) is 57.3 Å². The Labute approximate surface area is 148 Å². The summed E-state index contributed by atoms with van der Waals surface area (Å²) in [6.45, 7) is 3.57. The van der Waals surface area contributed by atoms with Crippen molar-refractivity contribution in [3.63, 3.8) is 0 Å². The molecule has 1 aromatic heterocycles. The molecule has 5 nitrogen and oxygen atoms in total. The molecule has 1 aliphatic heterocycles. The predicted molar refractivity (Wildman–Crippen MR) is 94.4 cm³/mol. The van der Waals surface area contributed by atoms with Crippen LogP contribution < -0.4 is 0 Å². The number of rotatable bonds is 4. The summed E-state index contributed by atoms with van der Waals surface area (Å²) in [6.07, 6.45) is 5.60. The van der Waals surface area contributed by atoms with Gasteiger partial charge in [0, 0.05) is 31.8 Å². The molecule has 2 atom stereocenters. The molecule has 2 aromatic rings. The Morgan fingerprint density at radius 2 is 2.20 bits per heavy atom. The van der Waals surface area contributed by atoms with Gasteiger partial charge in [-0.3, -0.25) is 4.79 Å². The Kier molecular flexibility index (Phi) is 4.55. The molecule has 2 unspecified atom stereocenters. The first kappa shape index (κ1) is 16.3. The molecule has 1 saturated heterocycles. The number of hydrogen-bond donors (Lipinski definition) is 0. The lowest BCUT2D eigenvalue weighted by atomic mass is 9.94. The van der Waals surface area contributed by atoms with E-state index in [0.29, 0.717) is 18.2 Å². The molecule has 1 fully saturated rings. The maximum absolute atomic E-state index is 12.9. The number of piperidine rings is 1. The number of carbonyl (C=O) groups excluding carboxylic acids is 1. The first-order valence-corrected chi connectivity index (χ1v) is 9.42. The van der Waals surface area contributed by atoms with E-state index < -0.39 is 0 Å². The molecule has 0 bridgehead atoms. The van der Waals surface area contributed by atoms with Crippen LogP contribution in [-0.4, -0.2) is 34.0 Å². The molecule has 0 N–H and O–H groups in total. The van der Waals surface area contributed by atoms with Crippen molar-refractivity contribution in [3.8, 4) is 0 Å². The van der Waals surface area contributed by atoms with E-state index in [1.807, 2.05) is 11.8 Å². The van der Waals surface area contributed by atoms with Gasteiger partial charge in [0.25, 0.3) is 0 Å². The van der Waals surface area contributed by atoms with Gasteiger partial charge in [0.15, 0.2) is 5.82 Å². The molecule has 2 heterocycles. The van der Waals surface area contributed by atoms with Crippen LogP contribution in [0.4, 0.5) is 0 Å². The lowest BCUT2D eigenvalue weighted by molar-refractivity contribution is -0.132. The van der Waals surface area contributed by atoms with E-state index in [-0.39, 0.29) is 11.8 Å². The van der Waals surface area contributed by atoms with Crippen molar-refractivity contribution in [2.24, 2.45) is 0 Å². The number of nitrogens with zero attached hydrogens (tertiary/aromatic N) is 3. The van der Waals surface area contributed by atoms with E-state index in [4.69, 9.17) is 4.52 Å². The minimum absolute atomic E-state index is 0.206. The highest BCUT2D eigenvalue weighted by Crippen LogP contribution is 2.36. The average molecular weight is 339 g/mol. The van der Waals surface area contributed by atoms with Crippen LogP contribution in [-0.2, 0) is 17.6 Å². The molecule has 1 amide bonds. The Hall–Kier alpha value is -2.17. The summed E-state index contributed by atoms with van der Waals surface area (Å²) in [5.41, 5.74) is 2.78. The fraction of sp³-hybridized carbons (Fsp3) is 0.550. The molecule has 5 heteroatoms. The third-order valence-electron chi connectivity index (χ3n) is 5.60. The summed E-state index contributed by atoms with van der Waals surface area (Å²) >= 11 is 0. The minimum atomic E-state index is 0.206. The molecule has 4 rings (SSSR count). The van der Waals surface area contributed by atoms with Crippen molar-refractivity contribution in [2.75, 3.05) is 13.1 Å². The molecular formula is C20H25N3O2. The SMILES string of the molecule is CCc1nc(C2CCCN(C(=O)CC3CCc4ccccc43)C2)no1. The molecule has 25 heavy (non-hydrogen) atoms. The van der Waals surface area contributed by atoms with E-state index in [9.17, 15) is 4.79 Å². The zero-order valence-corrected chi connectivity index (χ0v) is 14.8. The van der Waals surface area contributed by atoms with Gasteiger partial charge >= 0.3 is 0 Å². The third kappa shape index (κ3) is 3.32. The highest BCUT2D eigenvalue weighted by molar-refractivity contribution is 5.77. The lowest BCUT2D eigenvalue weighted by Crippen LogP contribution is -2.39. The maximum atomic E-state index is 12.9. The van der Waals surface area contributed by atoms with Crippen LogP contribution in [0.2, 0.25) is 0 Å². The van der Waals surface area contributed by atoms with Crippen molar-refractivity contribution < 1.29 is 9.32 Å². The minimum Gasteiger partial charge on any atom is -0.342 e. The van der Waals surface area contributed by atoms with Crippen LogP contribution in [0.15, 0.2) is 28.8 Å². The highest BCUT2D eigenvalue weighted by Gasteiger charge is 2.31. The number of fused-ring (bicyclic) bond motifs is 1. The Morgan fingerprint density at radius 3 is 3.04 bits per heavy atom. The van der Waals surface area contributed by atoms with Crippen LogP contribution in [0.5, 0.6) is 0 Å². The largest absolute Gasteiger partial charge is 0.342 e. The first-order valence-electron chi connectivity index (χ1n) is 9.42.